The lowest BCUT2D eigenvalue weighted by Crippen LogP contribution is -2.38. The first-order chi connectivity index (χ1) is 21.1. The van der Waals surface area contributed by atoms with Gasteiger partial charge in [0, 0.05) is 5.56 Å². The Labute approximate surface area is 264 Å². The molecule has 1 amide bonds. The molecule has 0 saturated carbocycles. The van der Waals surface area contributed by atoms with Gasteiger partial charge in [0.15, 0.2) is 11.5 Å². The number of anilines is 1. The predicted molar refractivity (Wildman–Crippen MR) is 167 cm³/mol. The van der Waals surface area contributed by atoms with Crippen LogP contribution in [0.3, 0.4) is 0 Å². The van der Waals surface area contributed by atoms with E-state index in [0.717, 1.165) is 10.5 Å². The molecule has 0 aliphatic heterocycles. The van der Waals surface area contributed by atoms with Gasteiger partial charge in [-0.15, -0.1) is 0 Å². The second-order valence-corrected chi connectivity index (χ2v) is 10.1. The molecule has 0 radical (unpaired) electrons. The van der Waals surface area contributed by atoms with E-state index in [4.69, 9.17) is 46.9 Å². The maximum atomic E-state index is 13.3. The van der Waals surface area contributed by atoms with Gasteiger partial charge in [-0.3, -0.25) is 14.5 Å². The second kappa shape index (κ2) is 14.6. The zero-order valence-electron chi connectivity index (χ0n) is 24.4. The topological polar surface area (TPSA) is 101 Å². The number of carbonyl (C=O) groups excluding carboxylic acids is 3. The fourth-order valence-electron chi connectivity index (χ4n) is 4.10. The zero-order chi connectivity index (χ0) is 31.8. The predicted octanol–water partition coefficient (Wildman–Crippen LogP) is 7.91. The summed E-state index contributed by atoms with van der Waals surface area (Å²) < 4.78 is 27.1. The SMILES string of the molecule is CCOC(=O)CN(C(=O)Oc1ccc(OC)cc1)c1cc(Cl)c(Oc2ccc(OC)c(C(=O)c3ccc(C)cc3)c2)c(Cl)c1. The van der Waals surface area contributed by atoms with Crippen molar-refractivity contribution in [1.29, 1.82) is 0 Å². The van der Waals surface area contributed by atoms with E-state index < -0.39 is 18.6 Å². The highest BCUT2D eigenvalue weighted by atomic mass is 35.5. The first-order valence-corrected chi connectivity index (χ1v) is 14.1. The largest absolute Gasteiger partial charge is 0.497 e. The molecule has 0 unspecified atom stereocenters. The number of rotatable bonds is 11. The molecule has 0 aliphatic carbocycles. The molecule has 0 aromatic heterocycles. The molecule has 0 aliphatic rings. The average Bonchev–Trinajstić information content (AvgIpc) is 3.02. The number of ether oxygens (including phenoxy) is 5. The number of esters is 1. The summed E-state index contributed by atoms with van der Waals surface area (Å²) in [5, 5.41) is 0.0571. The first-order valence-electron chi connectivity index (χ1n) is 13.4. The van der Waals surface area contributed by atoms with Crippen LogP contribution in [0.4, 0.5) is 10.5 Å². The third-order valence-corrected chi connectivity index (χ3v) is 6.88. The number of hydrogen-bond donors (Lipinski definition) is 0. The molecule has 0 bridgehead atoms. The quantitative estimate of drug-likeness (QED) is 0.121. The van der Waals surface area contributed by atoms with Gasteiger partial charge in [-0.2, -0.15) is 0 Å². The van der Waals surface area contributed by atoms with Crippen LogP contribution in [0.5, 0.6) is 28.7 Å². The second-order valence-electron chi connectivity index (χ2n) is 9.33. The van der Waals surface area contributed by atoms with Crippen LogP contribution in [0.2, 0.25) is 10.0 Å². The van der Waals surface area contributed by atoms with E-state index >= 15 is 0 Å². The van der Waals surface area contributed by atoms with E-state index in [9.17, 15) is 14.4 Å². The zero-order valence-corrected chi connectivity index (χ0v) is 25.9. The third kappa shape index (κ3) is 7.80. The minimum atomic E-state index is -0.876. The minimum Gasteiger partial charge on any atom is -0.497 e. The Morgan fingerprint density at radius 1 is 0.773 bits per heavy atom. The molecule has 0 atom stereocenters. The number of benzene rings is 4. The van der Waals surface area contributed by atoms with Crippen LogP contribution in [-0.2, 0) is 9.53 Å². The van der Waals surface area contributed by atoms with Crippen molar-refractivity contribution < 1.29 is 38.1 Å². The fraction of sp³-hybridized carbons (Fsp3) is 0.182. The summed E-state index contributed by atoms with van der Waals surface area (Å²) >= 11 is 13.2. The van der Waals surface area contributed by atoms with Gasteiger partial charge in [-0.1, -0.05) is 53.0 Å². The molecule has 4 rings (SSSR count). The molecule has 11 heteroatoms. The van der Waals surface area contributed by atoms with Crippen molar-refractivity contribution >= 4 is 46.7 Å². The van der Waals surface area contributed by atoms with Crippen LogP contribution >= 0.6 is 23.2 Å². The minimum absolute atomic E-state index is 0.0286. The van der Waals surface area contributed by atoms with Crippen LogP contribution in [-0.4, -0.2) is 45.2 Å². The first kappa shape index (κ1) is 32.2. The van der Waals surface area contributed by atoms with Crippen LogP contribution in [0.1, 0.15) is 28.4 Å². The van der Waals surface area contributed by atoms with E-state index in [1.165, 1.54) is 32.4 Å². The lowest BCUT2D eigenvalue weighted by molar-refractivity contribution is -0.141. The van der Waals surface area contributed by atoms with Gasteiger partial charge in [0.05, 0.1) is 42.1 Å². The van der Waals surface area contributed by atoms with Crippen molar-refractivity contribution in [1.82, 2.24) is 0 Å². The normalized spacial score (nSPS) is 10.5. The van der Waals surface area contributed by atoms with Gasteiger partial charge in [-0.25, -0.2) is 4.79 Å². The van der Waals surface area contributed by atoms with Gasteiger partial charge in [-0.05, 0) is 68.4 Å². The number of nitrogens with zero attached hydrogens (tertiary/aromatic N) is 1. The van der Waals surface area contributed by atoms with Crippen LogP contribution in [0.25, 0.3) is 0 Å². The summed E-state index contributed by atoms with van der Waals surface area (Å²) in [7, 11) is 2.98. The Hall–Kier alpha value is -4.73. The van der Waals surface area contributed by atoms with Crippen LogP contribution < -0.4 is 23.8 Å². The van der Waals surface area contributed by atoms with E-state index in [2.05, 4.69) is 0 Å². The standard InChI is InChI=1S/C33H29Cl2NO8/c1-5-42-30(37)19-36(33(39)44-24-12-10-23(40-3)11-13-24)22-16-27(34)32(28(35)17-22)43-25-14-15-29(41-4)26(18-25)31(38)21-8-6-20(2)7-9-21/h6-18H,5,19H2,1-4H3. The monoisotopic (exact) mass is 637 g/mol. The fourth-order valence-corrected chi connectivity index (χ4v) is 4.66. The Morgan fingerprint density at radius 2 is 1.39 bits per heavy atom. The average molecular weight is 639 g/mol. The lowest BCUT2D eigenvalue weighted by atomic mass is 10.0. The van der Waals surface area contributed by atoms with Gasteiger partial charge in [0.2, 0.25) is 0 Å². The number of ketones is 1. The van der Waals surface area contributed by atoms with Crippen molar-refractivity contribution in [2.75, 3.05) is 32.3 Å². The van der Waals surface area contributed by atoms with Crippen molar-refractivity contribution in [3.05, 3.63) is 106 Å². The number of hydrogen-bond acceptors (Lipinski definition) is 8. The van der Waals surface area contributed by atoms with Crippen molar-refractivity contribution in [2.45, 2.75) is 13.8 Å². The number of aryl methyl sites for hydroxylation is 1. The molecule has 0 N–H and O–H groups in total. The maximum absolute atomic E-state index is 13.3. The summed E-state index contributed by atoms with van der Waals surface area (Å²) in [4.78, 5) is 39.9. The van der Waals surface area contributed by atoms with Gasteiger partial charge < -0.3 is 23.7 Å². The molecule has 9 nitrogen and oxygen atoms in total. The molecule has 44 heavy (non-hydrogen) atoms. The summed E-state index contributed by atoms with van der Waals surface area (Å²) in [5.41, 5.74) is 1.94. The summed E-state index contributed by atoms with van der Waals surface area (Å²) in [6, 6.07) is 21.0. The van der Waals surface area contributed by atoms with E-state index in [1.54, 1.807) is 55.5 Å². The highest BCUT2D eigenvalue weighted by Gasteiger charge is 2.25. The van der Waals surface area contributed by atoms with E-state index in [1.807, 2.05) is 19.1 Å². The number of amides is 1. The van der Waals surface area contributed by atoms with Crippen molar-refractivity contribution in [3.8, 4) is 28.7 Å². The molecule has 4 aromatic carbocycles. The molecule has 228 valence electrons. The summed E-state index contributed by atoms with van der Waals surface area (Å²) in [6.45, 7) is 3.22. The number of carbonyl (C=O) groups is 3. The van der Waals surface area contributed by atoms with E-state index in [-0.39, 0.29) is 50.9 Å². The molecule has 4 aromatic rings. The van der Waals surface area contributed by atoms with E-state index in [0.29, 0.717) is 17.1 Å². The van der Waals surface area contributed by atoms with Gasteiger partial charge in [0.1, 0.15) is 29.5 Å². The smallest absolute Gasteiger partial charge is 0.420 e. The third-order valence-electron chi connectivity index (χ3n) is 6.32. The highest BCUT2D eigenvalue weighted by molar-refractivity contribution is 6.37. The van der Waals surface area contributed by atoms with Crippen LogP contribution in [0.15, 0.2) is 78.9 Å². The Balaban J connectivity index is 1.63. The molecule has 0 saturated heterocycles. The molecular weight excluding hydrogens is 609 g/mol. The van der Waals surface area contributed by atoms with Crippen molar-refractivity contribution in [3.63, 3.8) is 0 Å². The summed E-state index contributed by atoms with van der Waals surface area (Å²) in [5.74, 6) is 0.555. The van der Waals surface area contributed by atoms with Gasteiger partial charge in [0.25, 0.3) is 0 Å². The maximum Gasteiger partial charge on any atom is 0.420 e. The molecule has 0 fully saturated rings. The lowest BCUT2D eigenvalue weighted by Gasteiger charge is -2.22. The highest BCUT2D eigenvalue weighted by Crippen LogP contribution is 2.41. The molecular formula is C33H29Cl2NO8. The summed E-state index contributed by atoms with van der Waals surface area (Å²) in [6.07, 6.45) is -0.876. The molecule has 0 heterocycles. The molecule has 0 spiro atoms. The Kier molecular flexibility index (Phi) is 10.7. The van der Waals surface area contributed by atoms with Crippen molar-refractivity contribution in [2.24, 2.45) is 0 Å². The Bertz CT molecular complexity index is 1630. The van der Waals surface area contributed by atoms with Gasteiger partial charge >= 0.3 is 12.1 Å². The number of methoxy groups -OCH3 is 2. The number of halogens is 2. The Morgan fingerprint density at radius 3 is 1.98 bits per heavy atom. The van der Waals surface area contributed by atoms with Crippen LogP contribution in [0, 0.1) is 6.92 Å².